The highest BCUT2D eigenvalue weighted by Crippen LogP contribution is 2.46. The number of ether oxygens (including phenoxy) is 1. The van der Waals surface area contributed by atoms with Crippen molar-refractivity contribution in [2.75, 3.05) is 23.2 Å². The zero-order chi connectivity index (χ0) is 62.7. The molecule has 0 heterocycles. The Hall–Kier alpha value is -3.00. The van der Waals surface area contributed by atoms with Gasteiger partial charge in [-0.1, -0.05) is 268 Å². The fourth-order valence-electron chi connectivity index (χ4n) is 10.9. The fraction of sp³-hybridized carbons (Fsp3) is 0.583. The third kappa shape index (κ3) is 19.3. The number of hydrogen-bond donors (Lipinski definition) is 3. The van der Waals surface area contributed by atoms with Crippen LogP contribution in [0.4, 0.5) is 0 Å². The Bertz CT molecular complexity index is 2660. The first-order valence-corrected chi connectivity index (χ1v) is 42.0. The van der Waals surface area contributed by atoms with Gasteiger partial charge in [-0.3, -0.25) is 0 Å². The van der Waals surface area contributed by atoms with E-state index in [1.165, 1.54) is 72.9 Å². The molecule has 0 spiro atoms. The topological polar surface area (TPSA) is 69.9 Å². The molecule has 458 valence electrons. The summed E-state index contributed by atoms with van der Waals surface area (Å²) in [7, 11) is -2.59. The molecule has 0 fully saturated rings. The van der Waals surface area contributed by atoms with Gasteiger partial charge in [-0.15, -0.1) is 35.3 Å². The minimum atomic E-state index is -1.63. The summed E-state index contributed by atoms with van der Waals surface area (Å²) in [5.41, 5.74) is 5.91. The van der Waals surface area contributed by atoms with Crippen LogP contribution < -0.4 is 15.1 Å². The van der Waals surface area contributed by atoms with Crippen LogP contribution >= 0.6 is 35.3 Å². The van der Waals surface area contributed by atoms with Crippen LogP contribution in [0.1, 0.15) is 206 Å². The zero-order valence-corrected chi connectivity index (χ0v) is 62.2. The number of thioether (sulfide) groups is 3. The number of methoxy groups -OCH3 is 1. The van der Waals surface area contributed by atoms with Crippen molar-refractivity contribution in [3.8, 4) is 23.0 Å². The quantitative estimate of drug-likeness (QED) is 0.0562. The summed E-state index contributed by atoms with van der Waals surface area (Å²) in [4.78, 5) is 3.90. The molecule has 10 heteroatoms. The van der Waals surface area contributed by atoms with Crippen molar-refractivity contribution in [2.24, 2.45) is 0 Å². The summed E-state index contributed by atoms with van der Waals surface area (Å²) in [6.07, 6.45) is 0. The fourth-order valence-corrected chi connectivity index (χ4v) is 30.5. The van der Waals surface area contributed by atoms with E-state index < -0.39 is 24.2 Å². The summed E-state index contributed by atoms with van der Waals surface area (Å²) in [5, 5.41) is 39.5. The van der Waals surface area contributed by atoms with Crippen molar-refractivity contribution < 1.29 is 20.1 Å². The van der Waals surface area contributed by atoms with Crippen LogP contribution in [-0.4, -0.2) is 62.8 Å². The zero-order valence-electron chi connectivity index (χ0n) is 56.7. The summed E-state index contributed by atoms with van der Waals surface area (Å²) in [5.74, 6) is 2.35. The molecular weight excluding hydrogens is 1110 g/mol. The van der Waals surface area contributed by atoms with E-state index in [9.17, 15) is 15.3 Å². The van der Waals surface area contributed by atoms with Crippen LogP contribution in [0.25, 0.3) is 0 Å². The van der Waals surface area contributed by atoms with E-state index in [2.05, 4.69) is 264 Å². The van der Waals surface area contributed by atoms with E-state index in [0.29, 0.717) is 17.2 Å². The molecule has 0 radical (unpaired) electrons. The van der Waals surface area contributed by atoms with Gasteiger partial charge in [-0.25, -0.2) is 0 Å². The van der Waals surface area contributed by atoms with Gasteiger partial charge in [0, 0.05) is 48.1 Å². The first-order valence-electron chi connectivity index (χ1n) is 30.9. The molecule has 5 aromatic rings. The van der Waals surface area contributed by atoms with Crippen LogP contribution in [0.2, 0.25) is 42.3 Å². The molecule has 0 bridgehead atoms. The van der Waals surface area contributed by atoms with E-state index >= 15 is 0 Å². The maximum absolute atomic E-state index is 11.0. The normalized spacial score (nSPS) is 13.0. The first-order chi connectivity index (χ1) is 37.7. The van der Waals surface area contributed by atoms with E-state index in [0.717, 1.165) is 44.5 Å². The summed E-state index contributed by atoms with van der Waals surface area (Å²) in [6, 6.07) is 42.3. The lowest BCUT2D eigenvalue weighted by molar-refractivity contribution is 0.415. The van der Waals surface area contributed by atoms with Crippen molar-refractivity contribution in [3.05, 3.63) is 124 Å². The maximum Gasteiger partial charge on any atom is 0.123 e. The van der Waals surface area contributed by atoms with Gasteiger partial charge >= 0.3 is 0 Å². The Morgan fingerprint density at radius 2 is 0.585 bits per heavy atom. The van der Waals surface area contributed by atoms with Crippen LogP contribution in [0.15, 0.2) is 106 Å². The highest BCUT2D eigenvalue weighted by atomic mass is 32.2. The average Bonchev–Trinajstić information content (AvgIpc) is 3.59. The number of phenols is 3. The van der Waals surface area contributed by atoms with Crippen molar-refractivity contribution >= 4 is 69.9 Å². The molecule has 4 nitrogen and oxygen atoms in total. The summed E-state index contributed by atoms with van der Waals surface area (Å²) in [6.45, 7) is 55.8. The van der Waals surface area contributed by atoms with Crippen molar-refractivity contribution in [2.45, 2.75) is 263 Å². The standard InChI is InChI=1S/C26H40O2SSi.C25H38OSSi.C21H38OSSi/c1-10-30(11-2,21-14-12-19(28-9)13-15-21)18-29-20-16-22(25(3,4)5)24(27)23(17-20)26(6,7)8;1-9-28(10-2,20-14-12-11-13-15-20)18-27-19-16-21(24(3,4)5)23(26)22(17-19)25(6,7)8;1-10-24(11-2,12-3)15-23-16-13-17(20(4,5)6)19(22)18(14-16)21(7,8)9/h12-17,27H,10-11,18H2,1-9H3;11-17,26H,9-10,18H2,1-8H3;13-14,22H,10-12,15H2,1-9H3. The van der Waals surface area contributed by atoms with Gasteiger partial charge in [0.05, 0.1) is 31.3 Å². The molecule has 82 heavy (non-hydrogen) atoms. The molecule has 5 rings (SSSR count). The van der Waals surface area contributed by atoms with E-state index in [1.54, 1.807) is 12.3 Å². The van der Waals surface area contributed by atoms with E-state index in [4.69, 9.17) is 4.74 Å². The number of hydrogen-bond acceptors (Lipinski definition) is 7. The molecule has 0 saturated carbocycles. The van der Waals surface area contributed by atoms with Gasteiger partial charge in [-0.05, 0) is 97.1 Å². The SMILES string of the molecule is CC[Si](CC)(CC)CSc1cc(C(C)(C)C)c(O)c(C(C)(C)C)c1.CC[Si](CC)(CSc1cc(C(C)(C)C)c(O)c(C(C)(C)C)c1)c1ccc(OC)cc1.CC[Si](CC)(CSc1cc(C(C)(C)C)c(O)c(C(C)(C)C)c1)c1ccccc1. The number of phenolic OH excluding ortho intramolecular Hbond substituents is 3. The second kappa shape index (κ2) is 29.6. The van der Waals surface area contributed by atoms with E-state index in [1.807, 2.05) is 35.3 Å². The molecule has 0 saturated heterocycles. The van der Waals surface area contributed by atoms with Crippen LogP contribution in [0.5, 0.6) is 23.0 Å². The third-order valence-electron chi connectivity index (χ3n) is 17.7. The lowest BCUT2D eigenvalue weighted by atomic mass is 9.79. The van der Waals surface area contributed by atoms with Crippen LogP contribution in [-0.2, 0) is 32.5 Å². The summed E-state index contributed by atoms with van der Waals surface area (Å²) < 4.78 is 5.37. The van der Waals surface area contributed by atoms with Gasteiger partial charge in [0.15, 0.2) is 0 Å². The average molecular weight is 1230 g/mol. The van der Waals surface area contributed by atoms with Gasteiger partial charge in [0.1, 0.15) is 23.0 Å². The van der Waals surface area contributed by atoms with Crippen molar-refractivity contribution in [1.29, 1.82) is 0 Å². The minimum Gasteiger partial charge on any atom is -0.507 e. The Labute approximate surface area is 519 Å². The lowest BCUT2D eigenvalue weighted by Gasteiger charge is -2.31. The number of rotatable bonds is 19. The molecule has 0 aliphatic rings. The summed E-state index contributed by atoms with van der Waals surface area (Å²) >= 11 is 5.98. The maximum atomic E-state index is 11.0. The van der Waals surface area contributed by atoms with Crippen molar-refractivity contribution in [1.82, 2.24) is 0 Å². The Balaban J connectivity index is 0.000000325. The molecule has 0 unspecified atom stereocenters. The van der Waals surface area contributed by atoms with Crippen LogP contribution in [0, 0.1) is 0 Å². The van der Waals surface area contributed by atoms with Gasteiger partial charge in [0.2, 0.25) is 0 Å². The molecule has 0 amide bonds. The Morgan fingerprint density at radius 3 is 0.805 bits per heavy atom. The van der Waals surface area contributed by atoms with Crippen molar-refractivity contribution in [3.63, 3.8) is 0 Å². The molecule has 3 N–H and O–H groups in total. The second-order valence-corrected chi connectivity index (χ2v) is 49.6. The lowest BCUT2D eigenvalue weighted by Crippen LogP contribution is -2.49. The van der Waals surface area contributed by atoms with Gasteiger partial charge in [-0.2, -0.15) is 0 Å². The first kappa shape index (κ1) is 73.3. The second-order valence-electron chi connectivity index (χ2n) is 29.6. The predicted octanol–water partition coefficient (Wildman–Crippen LogP) is 21.2. The molecule has 5 aromatic carbocycles. The minimum absolute atomic E-state index is 0.0462. The highest BCUT2D eigenvalue weighted by Gasteiger charge is 2.36. The number of aromatic hydroxyl groups is 3. The third-order valence-corrected chi connectivity index (χ3v) is 41.1. The largest absolute Gasteiger partial charge is 0.507 e. The van der Waals surface area contributed by atoms with Gasteiger partial charge in [0.25, 0.3) is 0 Å². The smallest absolute Gasteiger partial charge is 0.123 e. The predicted molar refractivity (Wildman–Crippen MR) is 378 cm³/mol. The Morgan fingerprint density at radius 1 is 0.341 bits per heavy atom. The van der Waals surface area contributed by atoms with Crippen LogP contribution in [0.3, 0.4) is 0 Å². The molecule has 0 aliphatic heterocycles. The van der Waals surface area contributed by atoms with Gasteiger partial charge < -0.3 is 20.1 Å². The Kier molecular flexibility index (Phi) is 26.4. The molecule has 0 aromatic heterocycles. The number of benzene rings is 5. The van der Waals surface area contributed by atoms with E-state index in [-0.39, 0.29) is 32.5 Å². The molecular formula is C72H116O4S3Si3. The highest BCUT2D eigenvalue weighted by molar-refractivity contribution is 8.01. The molecule has 0 aliphatic carbocycles. The molecule has 0 atom stereocenters. The monoisotopic (exact) mass is 1220 g/mol.